The SMILES string of the molecule is Cl.Cl.NC1C2CCCC1CC(C(=O)NCc1nc3ncc(Br)cc3[nH]1)C2. The molecule has 0 saturated heterocycles. The zero-order valence-electron chi connectivity index (χ0n) is 14.3. The molecular weight excluding hydrogens is 441 g/mol. The summed E-state index contributed by atoms with van der Waals surface area (Å²) in [4.78, 5) is 24.4. The molecule has 2 heterocycles. The smallest absolute Gasteiger partial charge is 0.223 e. The molecule has 26 heavy (non-hydrogen) atoms. The van der Waals surface area contributed by atoms with Crippen molar-refractivity contribution in [3.63, 3.8) is 0 Å². The fourth-order valence-corrected chi connectivity index (χ4v) is 4.66. The van der Waals surface area contributed by atoms with Gasteiger partial charge in [0, 0.05) is 22.6 Å². The molecule has 2 aliphatic carbocycles. The molecule has 1 amide bonds. The van der Waals surface area contributed by atoms with E-state index in [0.29, 0.717) is 30.1 Å². The summed E-state index contributed by atoms with van der Waals surface area (Å²) < 4.78 is 0.902. The number of aromatic amines is 1. The Morgan fingerprint density at radius 2 is 2.00 bits per heavy atom. The molecule has 144 valence electrons. The van der Waals surface area contributed by atoms with Gasteiger partial charge < -0.3 is 16.0 Å². The lowest BCUT2D eigenvalue weighted by Crippen LogP contribution is -2.49. The summed E-state index contributed by atoms with van der Waals surface area (Å²) >= 11 is 3.39. The molecule has 2 saturated carbocycles. The summed E-state index contributed by atoms with van der Waals surface area (Å²) in [5.74, 6) is 1.99. The Balaban J connectivity index is 0.00000121. The molecule has 0 aliphatic heterocycles. The Morgan fingerprint density at radius 3 is 2.69 bits per heavy atom. The van der Waals surface area contributed by atoms with Gasteiger partial charge in [0.1, 0.15) is 5.82 Å². The first-order valence-corrected chi connectivity index (χ1v) is 9.43. The van der Waals surface area contributed by atoms with Gasteiger partial charge in [0.2, 0.25) is 5.91 Å². The minimum Gasteiger partial charge on any atom is -0.349 e. The normalized spacial score (nSPS) is 27.3. The lowest BCUT2D eigenvalue weighted by Gasteiger charge is -2.43. The Labute approximate surface area is 173 Å². The van der Waals surface area contributed by atoms with Crippen LogP contribution >= 0.6 is 40.7 Å². The molecule has 0 spiro atoms. The number of rotatable bonds is 3. The number of nitrogens with two attached hydrogens (primary N) is 1. The largest absolute Gasteiger partial charge is 0.349 e. The van der Waals surface area contributed by atoms with Gasteiger partial charge in [-0.1, -0.05) is 6.42 Å². The van der Waals surface area contributed by atoms with Crippen molar-refractivity contribution in [1.29, 1.82) is 0 Å². The molecule has 2 aliphatic rings. The third kappa shape index (κ3) is 4.32. The van der Waals surface area contributed by atoms with Crippen LogP contribution < -0.4 is 11.1 Å². The van der Waals surface area contributed by atoms with E-state index >= 15 is 0 Å². The molecular formula is C17H24BrCl2N5O. The van der Waals surface area contributed by atoms with Crippen molar-refractivity contribution in [2.45, 2.75) is 44.7 Å². The van der Waals surface area contributed by atoms with E-state index in [1.54, 1.807) is 6.20 Å². The van der Waals surface area contributed by atoms with Gasteiger partial charge in [0.25, 0.3) is 0 Å². The Morgan fingerprint density at radius 1 is 1.31 bits per heavy atom. The second-order valence-electron chi connectivity index (χ2n) is 7.12. The number of carbonyl (C=O) groups excluding carboxylic acids is 1. The van der Waals surface area contributed by atoms with Crippen molar-refractivity contribution >= 4 is 57.8 Å². The minimum absolute atomic E-state index is 0. The zero-order chi connectivity index (χ0) is 16.7. The number of imidazole rings is 1. The standard InChI is InChI=1S/C17H22BrN5O.2ClH/c18-12-6-13-16(20-7-12)23-14(22-13)8-21-17(24)11-4-9-2-1-3-10(5-11)15(9)19;;/h6-7,9-11,15H,1-5,8,19H2,(H,21,24)(H,20,22,23);2*1H. The second-order valence-corrected chi connectivity index (χ2v) is 8.04. The number of nitrogens with zero attached hydrogens (tertiary/aromatic N) is 2. The zero-order valence-corrected chi connectivity index (χ0v) is 17.5. The summed E-state index contributed by atoms with van der Waals surface area (Å²) in [6.45, 7) is 0.407. The Bertz CT molecular complexity index is 757. The van der Waals surface area contributed by atoms with Crippen LogP contribution in [0.2, 0.25) is 0 Å². The van der Waals surface area contributed by atoms with Gasteiger partial charge in [-0.2, -0.15) is 0 Å². The van der Waals surface area contributed by atoms with Crippen molar-refractivity contribution < 1.29 is 4.79 Å². The average molecular weight is 465 g/mol. The van der Waals surface area contributed by atoms with E-state index < -0.39 is 0 Å². The molecule has 2 unspecified atom stereocenters. The highest BCUT2D eigenvalue weighted by Gasteiger charge is 2.40. The molecule has 9 heteroatoms. The highest BCUT2D eigenvalue weighted by atomic mass is 79.9. The van der Waals surface area contributed by atoms with E-state index in [1.807, 2.05) is 6.07 Å². The van der Waals surface area contributed by atoms with Crippen LogP contribution in [-0.4, -0.2) is 26.9 Å². The van der Waals surface area contributed by atoms with Crippen LogP contribution in [0.3, 0.4) is 0 Å². The fourth-order valence-electron chi connectivity index (χ4n) is 4.33. The molecule has 2 bridgehead atoms. The van der Waals surface area contributed by atoms with Crippen molar-refractivity contribution in [2.24, 2.45) is 23.5 Å². The highest BCUT2D eigenvalue weighted by Crippen LogP contribution is 2.41. The van der Waals surface area contributed by atoms with Crippen molar-refractivity contribution in [2.75, 3.05) is 0 Å². The predicted octanol–water partition coefficient (Wildman–Crippen LogP) is 3.33. The van der Waals surface area contributed by atoms with E-state index in [2.05, 4.69) is 36.2 Å². The van der Waals surface area contributed by atoms with Crippen LogP contribution in [0.15, 0.2) is 16.7 Å². The summed E-state index contributed by atoms with van der Waals surface area (Å²) in [6.07, 6.45) is 7.18. The second kappa shape index (κ2) is 8.87. The monoisotopic (exact) mass is 463 g/mol. The topological polar surface area (TPSA) is 96.7 Å². The number of halogens is 3. The number of pyridine rings is 1. The number of aromatic nitrogens is 3. The van der Waals surface area contributed by atoms with Crippen LogP contribution in [0.4, 0.5) is 0 Å². The Hall–Kier alpha value is -0.890. The third-order valence-corrected chi connectivity index (χ3v) is 6.00. The number of hydrogen-bond donors (Lipinski definition) is 3. The number of fused-ring (bicyclic) bond motifs is 3. The molecule has 2 aromatic rings. The molecule has 0 aromatic carbocycles. The summed E-state index contributed by atoms with van der Waals surface area (Å²) in [7, 11) is 0. The van der Waals surface area contributed by atoms with Gasteiger partial charge in [0.15, 0.2) is 5.65 Å². The van der Waals surface area contributed by atoms with Crippen LogP contribution in [0.5, 0.6) is 0 Å². The van der Waals surface area contributed by atoms with Gasteiger partial charge in [-0.05, 0) is 59.5 Å². The summed E-state index contributed by atoms with van der Waals surface area (Å²) in [5.41, 5.74) is 7.84. The fraction of sp³-hybridized carbons (Fsp3) is 0.588. The molecule has 4 N–H and O–H groups in total. The van der Waals surface area contributed by atoms with Gasteiger partial charge in [0.05, 0.1) is 12.1 Å². The molecule has 0 radical (unpaired) electrons. The van der Waals surface area contributed by atoms with E-state index in [-0.39, 0.29) is 36.6 Å². The van der Waals surface area contributed by atoms with Crippen molar-refractivity contribution in [3.05, 3.63) is 22.6 Å². The molecule has 2 aromatic heterocycles. The number of hydrogen-bond acceptors (Lipinski definition) is 4. The summed E-state index contributed by atoms with van der Waals surface area (Å²) in [6, 6.07) is 2.23. The highest BCUT2D eigenvalue weighted by molar-refractivity contribution is 9.10. The number of nitrogens with one attached hydrogen (secondary N) is 2. The first-order chi connectivity index (χ1) is 11.6. The van der Waals surface area contributed by atoms with E-state index in [4.69, 9.17) is 5.73 Å². The molecule has 6 nitrogen and oxygen atoms in total. The lowest BCUT2D eigenvalue weighted by atomic mass is 9.65. The van der Waals surface area contributed by atoms with E-state index in [1.165, 1.54) is 19.3 Å². The van der Waals surface area contributed by atoms with Crippen LogP contribution in [0.25, 0.3) is 11.2 Å². The predicted molar refractivity (Wildman–Crippen MR) is 109 cm³/mol. The Kier molecular flexibility index (Phi) is 7.30. The van der Waals surface area contributed by atoms with Crippen LogP contribution in [-0.2, 0) is 11.3 Å². The van der Waals surface area contributed by atoms with Crippen LogP contribution in [0.1, 0.15) is 37.9 Å². The number of H-pyrrole nitrogens is 1. The third-order valence-electron chi connectivity index (χ3n) is 5.57. The van der Waals surface area contributed by atoms with E-state index in [9.17, 15) is 4.79 Å². The maximum atomic E-state index is 12.6. The molecule has 4 rings (SSSR count). The minimum atomic E-state index is 0. The van der Waals surface area contributed by atoms with Gasteiger partial charge >= 0.3 is 0 Å². The first kappa shape index (κ1) is 21.4. The lowest BCUT2D eigenvalue weighted by molar-refractivity contribution is -0.128. The molecule has 2 atom stereocenters. The maximum absolute atomic E-state index is 12.6. The quantitative estimate of drug-likeness (QED) is 0.648. The van der Waals surface area contributed by atoms with Crippen molar-refractivity contribution in [3.8, 4) is 0 Å². The number of carbonyl (C=O) groups is 1. The van der Waals surface area contributed by atoms with Gasteiger partial charge in [-0.3, -0.25) is 4.79 Å². The number of amides is 1. The van der Waals surface area contributed by atoms with Gasteiger partial charge in [-0.15, -0.1) is 24.8 Å². The van der Waals surface area contributed by atoms with Crippen molar-refractivity contribution in [1.82, 2.24) is 20.3 Å². The first-order valence-electron chi connectivity index (χ1n) is 8.63. The average Bonchev–Trinajstić information content (AvgIpc) is 2.94. The molecule has 2 fully saturated rings. The van der Waals surface area contributed by atoms with E-state index in [0.717, 1.165) is 28.7 Å². The summed E-state index contributed by atoms with van der Waals surface area (Å²) in [5, 5.41) is 3.04. The van der Waals surface area contributed by atoms with Crippen LogP contribution in [0, 0.1) is 17.8 Å². The van der Waals surface area contributed by atoms with Gasteiger partial charge in [-0.25, -0.2) is 9.97 Å². The maximum Gasteiger partial charge on any atom is 0.223 e.